The predicted octanol–water partition coefficient (Wildman–Crippen LogP) is 10.9. The molecule has 0 atom stereocenters. The van der Waals surface area contributed by atoms with Gasteiger partial charge in [-0.05, 0) is 58.3 Å². The highest BCUT2D eigenvalue weighted by Crippen LogP contribution is 2.43. The van der Waals surface area contributed by atoms with Gasteiger partial charge in [-0.15, -0.1) is 0 Å². The van der Waals surface area contributed by atoms with Crippen LogP contribution in [0.25, 0.3) is 93.7 Å². The first-order valence-corrected chi connectivity index (χ1v) is 15.9. The summed E-state index contributed by atoms with van der Waals surface area (Å²) in [6.07, 6.45) is 2.08. The van der Waals surface area contributed by atoms with E-state index in [0.717, 1.165) is 77.5 Å². The zero-order valence-electron chi connectivity index (χ0n) is 25.3. The number of para-hydroxylation sites is 1. The molecule has 0 amide bonds. The average molecular weight is 599 g/mol. The lowest BCUT2D eigenvalue weighted by molar-refractivity contribution is 1.22. The van der Waals surface area contributed by atoms with Crippen molar-refractivity contribution < 1.29 is 0 Å². The van der Waals surface area contributed by atoms with Gasteiger partial charge >= 0.3 is 0 Å². The summed E-state index contributed by atoms with van der Waals surface area (Å²) in [4.78, 5) is 15.7. The van der Waals surface area contributed by atoms with Crippen LogP contribution in [0, 0.1) is 0 Å². The van der Waals surface area contributed by atoms with E-state index in [4.69, 9.17) is 15.0 Å². The van der Waals surface area contributed by atoms with Crippen LogP contribution in [0.5, 0.6) is 0 Å². The first-order chi connectivity index (χ1) is 23.3. The summed E-state index contributed by atoms with van der Waals surface area (Å²) >= 11 is 0. The van der Waals surface area contributed by atoms with Gasteiger partial charge in [-0.1, -0.05) is 115 Å². The molecule has 218 valence electrons. The molecule has 0 N–H and O–H groups in total. The second kappa shape index (κ2) is 10.1. The molecule has 4 nitrogen and oxygen atoms in total. The quantitative estimate of drug-likeness (QED) is 0.190. The number of fused-ring (bicyclic) bond motifs is 10. The third kappa shape index (κ3) is 3.92. The normalized spacial score (nSPS) is 11.8. The molecule has 10 aromatic rings. The number of hydrogen-bond donors (Lipinski definition) is 0. The number of rotatable bonds is 3. The van der Waals surface area contributed by atoms with Gasteiger partial charge in [0.2, 0.25) is 0 Å². The fourth-order valence-corrected chi connectivity index (χ4v) is 7.24. The third-order valence-electron chi connectivity index (χ3n) is 9.35. The molecule has 0 fully saturated rings. The molecule has 0 radical (unpaired) electrons. The van der Waals surface area contributed by atoms with Crippen LogP contribution in [0.3, 0.4) is 0 Å². The summed E-state index contributed by atoms with van der Waals surface area (Å²) in [7, 11) is 0. The van der Waals surface area contributed by atoms with Crippen molar-refractivity contribution in [1.29, 1.82) is 0 Å². The molecule has 6 aromatic carbocycles. The minimum absolute atomic E-state index is 0.904. The molecular weight excluding hydrogens is 573 g/mol. The standard InChI is InChI=1S/C43H26N4/c1-3-13-27(14-4-1)40-35-26-33(30-17-7-8-18-31(30)39(35)32-19-9-10-20-36(32)44-40)29-22-23-37-34(25-29)42-43(47-24-12-11-21-38(47)46-42)41(45-37)28-15-5-2-6-16-28/h1-26H. The van der Waals surface area contributed by atoms with Gasteiger partial charge < -0.3 is 0 Å². The van der Waals surface area contributed by atoms with Crippen molar-refractivity contribution in [2.45, 2.75) is 0 Å². The third-order valence-corrected chi connectivity index (χ3v) is 9.35. The van der Waals surface area contributed by atoms with Gasteiger partial charge in [0.1, 0.15) is 11.2 Å². The highest BCUT2D eigenvalue weighted by atomic mass is 15.0. The van der Waals surface area contributed by atoms with Crippen LogP contribution < -0.4 is 0 Å². The second-order valence-corrected chi connectivity index (χ2v) is 12.0. The van der Waals surface area contributed by atoms with Gasteiger partial charge in [0.25, 0.3) is 0 Å². The Balaban J connectivity index is 1.32. The zero-order chi connectivity index (χ0) is 30.9. The van der Waals surface area contributed by atoms with Crippen molar-refractivity contribution >= 4 is 60.0 Å². The number of benzene rings is 6. The van der Waals surface area contributed by atoms with E-state index in [1.54, 1.807) is 0 Å². The number of imidazole rings is 1. The van der Waals surface area contributed by atoms with E-state index in [2.05, 4.69) is 144 Å². The van der Waals surface area contributed by atoms with Crippen LogP contribution in [0.15, 0.2) is 158 Å². The van der Waals surface area contributed by atoms with Crippen molar-refractivity contribution in [3.8, 4) is 33.6 Å². The summed E-state index contributed by atoms with van der Waals surface area (Å²) in [5.74, 6) is 0. The molecule has 0 unspecified atom stereocenters. The average Bonchev–Trinajstić information content (AvgIpc) is 3.54. The molecule has 4 heteroatoms. The first-order valence-electron chi connectivity index (χ1n) is 15.9. The maximum absolute atomic E-state index is 5.26. The van der Waals surface area contributed by atoms with Crippen molar-refractivity contribution in [2.24, 2.45) is 0 Å². The first kappa shape index (κ1) is 25.9. The minimum Gasteiger partial charge on any atom is -0.298 e. The largest absolute Gasteiger partial charge is 0.298 e. The van der Waals surface area contributed by atoms with Crippen molar-refractivity contribution in [2.75, 3.05) is 0 Å². The molecule has 0 bridgehead atoms. The number of pyridine rings is 3. The molecule has 0 aliphatic rings. The minimum atomic E-state index is 0.904. The number of aromatic nitrogens is 4. The number of hydrogen-bond acceptors (Lipinski definition) is 3. The molecule has 4 aromatic heterocycles. The van der Waals surface area contributed by atoms with Crippen molar-refractivity contribution in [3.63, 3.8) is 0 Å². The van der Waals surface area contributed by atoms with E-state index in [-0.39, 0.29) is 0 Å². The summed E-state index contributed by atoms with van der Waals surface area (Å²) in [5.41, 5.74) is 11.2. The van der Waals surface area contributed by atoms with E-state index in [1.807, 2.05) is 18.2 Å². The molecule has 0 aliphatic carbocycles. The lowest BCUT2D eigenvalue weighted by Gasteiger charge is -2.16. The van der Waals surface area contributed by atoms with Crippen molar-refractivity contribution in [1.82, 2.24) is 19.4 Å². The van der Waals surface area contributed by atoms with Crippen LogP contribution in [0.2, 0.25) is 0 Å². The topological polar surface area (TPSA) is 43.1 Å². The Morgan fingerprint density at radius 2 is 1.04 bits per heavy atom. The van der Waals surface area contributed by atoms with Gasteiger partial charge in [0.05, 0.1) is 27.9 Å². The van der Waals surface area contributed by atoms with Gasteiger partial charge in [-0.25, -0.2) is 15.0 Å². The molecule has 4 heterocycles. The number of nitrogens with zero attached hydrogens (tertiary/aromatic N) is 4. The van der Waals surface area contributed by atoms with Gasteiger partial charge in [0.15, 0.2) is 0 Å². The monoisotopic (exact) mass is 598 g/mol. The van der Waals surface area contributed by atoms with Crippen molar-refractivity contribution in [3.05, 3.63) is 158 Å². The fourth-order valence-electron chi connectivity index (χ4n) is 7.24. The van der Waals surface area contributed by atoms with Gasteiger partial charge in [0, 0.05) is 38.9 Å². The molecule has 0 saturated carbocycles. The van der Waals surface area contributed by atoms with E-state index >= 15 is 0 Å². The maximum atomic E-state index is 5.26. The summed E-state index contributed by atoms with van der Waals surface area (Å²) in [6.45, 7) is 0. The van der Waals surface area contributed by atoms with Crippen LogP contribution in [0.1, 0.15) is 0 Å². The van der Waals surface area contributed by atoms with E-state index in [0.29, 0.717) is 0 Å². The summed E-state index contributed by atoms with van der Waals surface area (Å²) in [6, 6.07) is 53.3. The Morgan fingerprint density at radius 3 is 1.85 bits per heavy atom. The maximum Gasteiger partial charge on any atom is 0.137 e. The highest BCUT2D eigenvalue weighted by Gasteiger charge is 2.19. The second-order valence-electron chi connectivity index (χ2n) is 12.0. The lowest BCUT2D eigenvalue weighted by Crippen LogP contribution is -1.94. The Kier molecular flexibility index (Phi) is 5.54. The Morgan fingerprint density at radius 1 is 0.404 bits per heavy atom. The Labute approximate surface area is 270 Å². The SMILES string of the molecule is c1ccc(-c2nc3ccccc3c3c2cc(-c2ccc4nc(-c5ccccc5)c5c(nc6ccccn65)c4c2)c2ccccc23)cc1. The molecule has 47 heavy (non-hydrogen) atoms. The van der Waals surface area contributed by atoms with Crippen LogP contribution in [0.4, 0.5) is 0 Å². The Hall–Kier alpha value is -6.39. The fraction of sp³-hybridized carbons (Fsp3) is 0. The van der Waals surface area contributed by atoms with E-state index < -0.39 is 0 Å². The molecule has 0 saturated heterocycles. The molecule has 0 spiro atoms. The summed E-state index contributed by atoms with van der Waals surface area (Å²) < 4.78 is 2.16. The van der Waals surface area contributed by atoms with Crippen LogP contribution >= 0.6 is 0 Å². The lowest BCUT2D eigenvalue weighted by atomic mass is 9.89. The smallest absolute Gasteiger partial charge is 0.137 e. The molecular formula is C43H26N4. The van der Waals surface area contributed by atoms with E-state index in [1.165, 1.54) is 16.2 Å². The van der Waals surface area contributed by atoms with Crippen LogP contribution in [-0.2, 0) is 0 Å². The molecule has 0 aliphatic heterocycles. The van der Waals surface area contributed by atoms with Gasteiger partial charge in [-0.2, -0.15) is 0 Å². The predicted molar refractivity (Wildman–Crippen MR) is 195 cm³/mol. The highest BCUT2D eigenvalue weighted by molar-refractivity contribution is 6.25. The summed E-state index contributed by atoms with van der Waals surface area (Å²) in [5, 5.41) is 6.98. The zero-order valence-corrected chi connectivity index (χ0v) is 25.3. The molecule has 10 rings (SSSR count). The Bertz CT molecular complexity index is 2840. The van der Waals surface area contributed by atoms with E-state index in [9.17, 15) is 0 Å². The van der Waals surface area contributed by atoms with Gasteiger partial charge in [-0.3, -0.25) is 4.40 Å². The van der Waals surface area contributed by atoms with Crippen LogP contribution in [-0.4, -0.2) is 19.4 Å².